The maximum absolute atomic E-state index is 14.3. The summed E-state index contributed by atoms with van der Waals surface area (Å²) in [6, 6.07) is 3.75. The minimum absolute atomic E-state index is 0.0772. The van der Waals surface area contributed by atoms with Crippen LogP contribution in [0.5, 0.6) is 0 Å². The van der Waals surface area contributed by atoms with Gasteiger partial charge in [-0.25, -0.2) is 4.39 Å². The van der Waals surface area contributed by atoms with Crippen molar-refractivity contribution in [3.8, 4) is 6.07 Å². The summed E-state index contributed by atoms with van der Waals surface area (Å²) in [5.41, 5.74) is -7.19. The molecule has 178 valence electrons. The van der Waals surface area contributed by atoms with Crippen molar-refractivity contribution in [3.05, 3.63) is 57.1 Å². The number of nitrogens with two attached hydrogens (primary N) is 1. The third-order valence-corrected chi connectivity index (χ3v) is 4.87. The number of nitrogens with one attached hydrogen (secondary N) is 1. The molecule has 4 nitrogen and oxygen atoms in total. The van der Waals surface area contributed by atoms with Crippen LogP contribution >= 0.6 is 15.9 Å². The number of halogens is 11. The fourth-order valence-corrected chi connectivity index (χ4v) is 3.20. The van der Waals surface area contributed by atoms with E-state index in [9.17, 15) is 48.7 Å². The Morgan fingerprint density at radius 3 is 1.91 bits per heavy atom. The van der Waals surface area contributed by atoms with Gasteiger partial charge in [0.25, 0.3) is 5.91 Å². The number of benzene rings is 2. The number of alkyl halides is 10. The van der Waals surface area contributed by atoms with E-state index in [0.717, 1.165) is 18.2 Å². The summed E-state index contributed by atoms with van der Waals surface area (Å²) >= 11 is 2.37. The Morgan fingerprint density at radius 1 is 0.939 bits per heavy atom. The lowest BCUT2D eigenvalue weighted by Gasteiger charge is -2.31. The lowest BCUT2D eigenvalue weighted by molar-refractivity contribution is -0.348. The van der Waals surface area contributed by atoms with E-state index < -0.39 is 57.5 Å². The Hall–Kier alpha value is -3.02. The summed E-state index contributed by atoms with van der Waals surface area (Å²) in [5.74, 6) is -1.30. The molecule has 2 aromatic rings. The van der Waals surface area contributed by atoms with Gasteiger partial charge in [0.05, 0.1) is 22.5 Å². The molecule has 0 bridgehead atoms. The Kier molecular flexibility index (Phi) is 6.68. The standard InChI is InChI=1S/C18H8BrF10N3O/c19-11-5-9(15(20,17(24,25)26)18(27,28)29)4-10(16(21,22)23)13(11)32-14(33)7-1-2-8(6-30)12(31)3-7/h1-5H,31H2,(H,32,33). The lowest BCUT2D eigenvalue weighted by Crippen LogP contribution is -2.50. The third kappa shape index (κ3) is 4.85. The zero-order chi connectivity index (χ0) is 25.6. The van der Waals surface area contributed by atoms with Gasteiger partial charge < -0.3 is 11.1 Å². The molecule has 0 saturated heterocycles. The Bertz CT molecular complexity index is 1120. The molecule has 0 aliphatic rings. The number of nitrogen functional groups attached to an aromatic ring is 1. The Morgan fingerprint density at radius 2 is 1.48 bits per heavy atom. The van der Waals surface area contributed by atoms with Crippen LogP contribution in [0.15, 0.2) is 34.8 Å². The predicted octanol–water partition coefficient (Wildman–Crippen LogP) is 6.46. The predicted molar refractivity (Wildman–Crippen MR) is 97.6 cm³/mol. The monoisotopic (exact) mass is 551 g/mol. The van der Waals surface area contributed by atoms with Gasteiger partial charge in [-0.1, -0.05) is 0 Å². The lowest BCUT2D eigenvalue weighted by atomic mass is 9.92. The molecule has 15 heteroatoms. The second-order valence-corrected chi connectivity index (χ2v) is 7.25. The van der Waals surface area contributed by atoms with Gasteiger partial charge in [0, 0.05) is 15.6 Å². The number of rotatable bonds is 3. The topological polar surface area (TPSA) is 78.9 Å². The Balaban J connectivity index is 2.68. The molecule has 2 aromatic carbocycles. The molecular weight excluding hydrogens is 544 g/mol. The molecule has 0 heterocycles. The molecule has 33 heavy (non-hydrogen) atoms. The van der Waals surface area contributed by atoms with E-state index >= 15 is 0 Å². The van der Waals surface area contributed by atoms with Crippen LogP contribution in [0.25, 0.3) is 0 Å². The van der Waals surface area contributed by atoms with Crippen LogP contribution in [0.3, 0.4) is 0 Å². The number of anilines is 2. The van der Waals surface area contributed by atoms with Crippen molar-refractivity contribution < 1.29 is 48.7 Å². The first-order chi connectivity index (χ1) is 14.8. The summed E-state index contributed by atoms with van der Waals surface area (Å²) in [4.78, 5) is 12.3. The summed E-state index contributed by atoms with van der Waals surface area (Å²) < 4.78 is 132. The van der Waals surface area contributed by atoms with Crippen molar-refractivity contribution in [1.29, 1.82) is 5.26 Å². The zero-order valence-electron chi connectivity index (χ0n) is 15.5. The number of carbonyl (C=O) groups excluding carboxylic acids is 1. The molecule has 3 N–H and O–H groups in total. The minimum Gasteiger partial charge on any atom is -0.398 e. The van der Waals surface area contributed by atoms with Gasteiger partial charge in [0.15, 0.2) is 0 Å². The van der Waals surface area contributed by atoms with Gasteiger partial charge in [-0.05, 0) is 46.3 Å². The van der Waals surface area contributed by atoms with Crippen LogP contribution in [-0.4, -0.2) is 18.3 Å². The maximum Gasteiger partial charge on any atom is 0.435 e. The van der Waals surface area contributed by atoms with Crippen LogP contribution in [0.4, 0.5) is 55.3 Å². The molecule has 0 atom stereocenters. The van der Waals surface area contributed by atoms with E-state index in [4.69, 9.17) is 11.0 Å². The third-order valence-electron chi connectivity index (χ3n) is 4.25. The molecule has 0 fully saturated rings. The first kappa shape index (κ1) is 26.2. The summed E-state index contributed by atoms with van der Waals surface area (Å²) in [7, 11) is 0. The van der Waals surface area contributed by atoms with Crippen LogP contribution in [0.1, 0.15) is 27.0 Å². The highest BCUT2D eigenvalue weighted by Crippen LogP contribution is 2.55. The molecule has 0 saturated carbocycles. The largest absolute Gasteiger partial charge is 0.435 e. The highest BCUT2D eigenvalue weighted by atomic mass is 79.9. The van der Waals surface area contributed by atoms with Crippen molar-refractivity contribution in [3.63, 3.8) is 0 Å². The van der Waals surface area contributed by atoms with Crippen molar-refractivity contribution >= 4 is 33.2 Å². The number of nitriles is 1. The van der Waals surface area contributed by atoms with Crippen molar-refractivity contribution in [1.82, 2.24) is 0 Å². The molecule has 0 aliphatic heterocycles. The fraction of sp³-hybridized carbons (Fsp3) is 0.222. The smallest absolute Gasteiger partial charge is 0.398 e. The number of amides is 1. The first-order valence-corrected chi connectivity index (χ1v) is 8.98. The van der Waals surface area contributed by atoms with Crippen LogP contribution in [-0.2, 0) is 11.8 Å². The average molecular weight is 552 g/mol. The molecule has 0 aromatic heterocycles. The van der Waals surface area contributed by atoms with E-state index in [1.165, 1.54) is 0 Å². The van der Waals surface area contributed by atoms with Gasteiger partial charge >= 0.3 is 24.2 Å². The van der Waals surface area contributed by atoms with E-state index in [2.05, 4.69) is 15.9 Å². The SMILES string of the molecule is N#Cc1ccc(C(=O)Nc2c(Br)cc(C(F)(C(F)(F)F)C(F)(F)F)cc2C(F)(F)F)cc1N. The highest BCUT2D eigenvalue weighted by molar-refractivity contribution is 9.10. The molecular formula is C18H8BrF10N3O. The van der Waals surface area contributed by atoms with Crippen LogP contribution in [0.2, 0.25) is 0 Å². The van der Waals surface area contributed by atoms with Crippen LogP contribution < -0.4 is 11.1 Å². The minimum atomic E-state index is -6.65. The van der Waals surface area contributed by atoms with Gasteiger partial charge in [0.2, 0.25) is 0 Å². The summed E-state index contributed by atoms with van der Waals surface area (Å²) in [6.07, 6.45) is -18.9. The first-order valence-electron chi connectivity index (χ1n) is 8.19. The van der Waals surface area contributed by atoms with Gasteiger partial charge in [-0.3, -0.25) is 4.79 Å². The van der Waals surface area contributed by atoms with E-state index in [1.807, 2.05) is 0 Å². The van der Waals surface area contributed by atoms with Crippen LogP contribution in [0, 0.1) is 11.3 Å². The summed E-state index contributed by atoms with van der Waals surface area (Å²) in [5, 5.41) is 10.5. The van der Waals surface area contributed by atoms with E-state index in [1.54, 1.807) is 11.4 Å². The maximum atomic E-state index is 14.3. The highest BCUT2D eigenvalue weighted by Gasteiger charge is 2.73. The quantitative estimate of drug-likeness (QED) is 0.339. The second-order valence-electron chi connectivity index (χ2n) is 6.40. The van der Waals surface area contributed by atoms with Gasteiger partial charge in [-0.15, -0.1) is 0 Å². The molecule has 1 amide bonds. The molecule has 0 spiro atoms. The van der Waals surface area contributed by atoms with E-state index in [0.29, 0.717) is 0 Å². The summed E-state index contributed by atoms with van der Waals surface area (Å²) in [6.45, 7) is 0. The Labute approximate surface area is 186 Å². The fourth-order valence-electron chi connectivity index (χ4n) is 2.64. The number of hydrogen-bond donors (Lipinski definition) is 2. The molecule has 0 unspecified atom stereocenters. The van der Waals surface area contributed by atoms with Crippen molar-refractivity contribution in [2.45, 2.75) is 24.2 Å². The zero-order valence-corrected chi connectivity index (χ0v) is 17.1. The second kappa shape index (κ2) is 8.40. The van der Waals surface area contributed by atoms with Gasteiger partial charge in [-0.2, -0.15) is 44.8 Å². The molecule has 0 radical (unpaired) electrons. The molecule has 0 aliphatic carbocycles. The van der Waals surface area contributed by atoms with Crippen molar-refractivity contribution in [2.75, 3.05) is 11.1 Å². The van der Waals surface area contributed by atoms with E-state index in [-0.39, 0.29) is 22.9 Å². The molecule has 2 rings (SSSR count). The van der Waals surface area contributed by atoms with Gasteiger partial charge in [0.1, 0.15) is 6.07 Å². The number of hydrogen-bond acceptors (Lipinski definition) is 3. The number of nitrogens with zero attached hydrogens (tertiary/aromatic N) is 1. The number of carbonyl (C=O) groups is 1. The normalized spacial score (nSPS) is 12.9. The van der Waals surface area contributed by atoms with Crippen molar-refractivity contribution in [2.24, 2.45) is 0 Å². The average Bonchev–Trinajstić information content (AvgIpc) is 2.65.